The number of nitrogens with zero attached hydrogens (tertiary/aromatic N) is 2. The molecule has 2 N–H and O–H groups in total. The van der Waals surface area contributed by atoms with Gasteiger partial charge in [-0.25, -0.2) is 8.42 Å². The number of sulfonamides is 1. The monoisotopic (exact) mass is 319 g/mol. The number of halogens is 3. The molecule has 9 heteroatoms. The van der Waals surface area contributed by atoms with Gasteiger partial charge in [-0.15, -0.1) is 0 Å². The Labute approximate surface area is 119 Å². The Hall–Kier alpha value is -1.87. The summed E-state index contributed by atoms with van der Waals surface area (Å²) in [6.45, 7) is -1.58. The lowest BCUT2D eigenvalue weighted by atomic mass is 10.2. The summed E-state index contributed by atoms with van der Waals surface area (Å²) in [5.74, 6) is 0. The Morgan fingerprint density at radius 2 is 1.95 bits per heavy atom. The van der Waals surface area contributed by atoms with E-state index >= 15 is 0 Å². The minimum atomic E-state index is -4.63. The van der Waals surface area contributed by atoms with Gasteiger partial charge in [0, 0.05) is 24.3 Å². The Morgan fingerprint density at radius 3 is 2.57 bits per heavy atom. The summed E-state index contributed by atoms with van der Waals surface area (Å²) in [6, 6.07) is 5.61. The molecule has 0 saturated heterocycles. The summed E-state index contributed by atoms with van der Waals surface area (Å²) in [7, 11) is -3.45. The van der Waals surface area contributed by atoms with Gasteiger partial charge in [-0.2, -0.15) is 17.5 Å². The Kier molecular flexibility index (Phi) is 3.81. The third-order valence-electron chi connectivity index (χ3n) is 2.86. The number of benzene rings is 1. The van der Waals surface area contributed by atoms with Gasteiger partial charge in [0.25, 0.3) is 0 Å². The molecule has 1 aromatic carbocycles. The van der Waals surface area contributed by atoms with Gasteiger partial charge in [0.1, 0.15) is 11.4 Å². The van der Waals surface area contributed by atoms with E-state index in [2.05, 4.69) is 4.98 Å². The maximum Gasteiger partial charge on any atom is 0.402 e. The number of pyridine rings is 1. The standard InChI is InChI=1S/C12H12F3N3O2S/c1-18(7-12(13,14)15)21(19,20)10-5-4-9(16)8-3-2-6-17-11(8)10/h2-6H,7,16H2,1H3. The van der Waals surface area contributed by atoms with E-state index in [0.29, 0.717) is 11.1 Å². The fourth-order valence-corrected chi connectivity index (χ4v) is 3.18. The van der Waals surface area contributed by atoms with Gasteiger partial charge in [0.15, 0.2) is 0 Å². The number of fused-ring (bicyclic) bond motifs is 1. The first kappa shape index (κ1) is 15.5. The summed E-state index contributed by atoms with van der Waals surface area (Å²) >= 11 is 0. The molecule has 21 heavy (non-hydrogen) atoms. The molecule has 1 heterocycles. The van der Waals surface area contributed by atoms with Crippen LogP contribution in [0.2, 0.25) is 0 Å². The van der Waals surface area contributed by atoms with Crippen molar-refractivity contribution in [1.29, 1.82) is 0 Å². The normalized spacial score (nSPS) is 13.0. The largest absolute Gasteiger partial charge is 0.402 e. The lowest BCUT2D eigenvalue weighted by molar-refractivity contribution is -0.134. The molecule has 0 amide bonds. The van der Waals surface area contributed by atoms with Gasteiger partial charge < -0.3 is 5.73 Å². The molecular formula is C12H12F3N3O2S. The Balaban J connectivity index is 2.58. The van der Waals surface area contributed by atoms with Crippen LogP contribution in [0.3, 0.4) is 0 Å². The van der Waals surface area contributed by atoms with Crippen molar-refractivity contribution < 1.29 is 21.6 Å². The smallest absolute Gasteiger partial charge is 0.398 e. The van der Waals surface area contributed by atoms with E-state index in [0.717, 1.165) is 13.1 Å². The fourth-order valence-electron chi connectivity index (χ4n) is 1.88. The quantitative estimate of drug-likeness (QED) is 0.878. The van der Waals surface area contributed by atoms with Crippen molar-refractivity contribution in [3.05, 3.63) is 30.5 Å². The molecule has 5 nitrogen and oxygen atoms in total. The average Bonchev–Trinajstić information content (AvgIpc) is 2.37. The average molecular weight is 319 g/mol. The van der Waals surface area contributed by atoms with E-state index in [4.69, 9.17) is 5.73 Å². The fraction of sp³-hybridized carbons (Fsp3) is 0.250. The van der Waals surface area contributed by atoms with E-state index in [1.807, 2.05) is 0 Å². The number of hydrogen-bond donors (Lipinski definition) is 1. The zero-order valence-corrected chi connectivity index (χ0v) is 11.7. The molecule has 114 valence electrons. The van der Waals surface area contributed by atoms with Crippen LogP contribution in [0.1, 0.15) is 0 Å². The highest BCUT2D eigenvalue weighted by Crippen LogP contribution is 2.28. The topological polar surface area (TPSA) is 76.3 Å². The molecular weight excluding hydrogens is 307 g/mol. The minimum Gasteiger partial charge on any atom is -0.398 e. The van der Waals surface area contributed by atoms with Crippen LogP contribution in [-0.4, -0.2) is 37.5 Å². The van der Waals surface area contributed by atoms with Crippen molar-refractivity contribution in [3.63, 3.8) is 0 Å². The lowest BCUT2D eigenvalue weighted by Gasteiger charge is -2.19. The summed E-state index contributed by atoms with van der Waals surface area (Å²) in [5.41, 5.74) is 6.07. The van der Waals surface area contributed by atoms with Crippen molar-refractivity contribution in [3.8, 4) is 0 Å². The summed E-state index contributed by atoms with van der Waals surface area (Å²) in [4.78, 5) is 3.61. The van der Waals surface area contributed by atoms with Crippen LogP contribution in [-0.2, 0) is 10.0 Å². The van der Waals surface area contributed by atoms with Gasteiger partial charge in [0.2, 0.25) is 10.0 Å². The van der Waals surface area contributed by atoms with E-state index < -0.39 is 22.7 Å². The summed E-state index contributed by atoms with van der Waals surface area (Å²) in [5, 5.41) is 0.374. The van der Waals surface area contributed by atoms with Crippen molar-refractivity contribution >= 4 is 26.6 Å². The second-order valence-electron chi connectivity index (χ2n) is 4.43. The SMILES string of the molecule is CN(CC(F)(F)F)S(=O)(=O)c1ccc(N)c2cccnc12. The number of hydrogen-bond acceptors (Lipinski definition) is 4. The minimum absolute atomic E-state index is 0.0477. The van der Waals surface area contributed by atoms with Crippen LogP contribution in [0, 0.1) is 0 Å². The molecule has 0 spiro atoms. The highest BCUT2D eigenvalue weighted by atomic mass is 32.2. The zero-order chi connectivity index (χ0) is 15.8. The van der Waals surface area contributed by atoms with Crippen LogP contribution < -0.4 is 5.73 Å². The molecule has 0 atom stereocenters. The number of nitrogen functional groups attached to an aromatic ring is 1. The van der Waals surface area contributed by atoms with Crippen LogP contribution in [0.15, 0.2) is 35.4 Å². The molecule has 1 aromatic heterocycles. The van der Waals surface area contributed by atoms with E-state index in [1.165, 1.54) is 12.3 Å². The number of rotatable bonds is 3. The molecule has 0 aliphatic carbocycles. The highest BCUT2D eigenvalue weighted by molar-refractivity contribution is 7.89. The van der Waals surface area contributed by atoms with Crippen LogP contribution in [0.5, 0.6) is 0 Å². The van der Waals surface area contributed by atoms with Crippen molar-refractivity contribution in [2.45, 2.75) is 11.1 Å². The summed E-state index contributed by atoms with van der Waals surface area (Å²) < 4.78 is 62.0. The maximum atomic E-state index is 12.4. The molecule has 0 fully saturated rings. The van der Waals surface area contributed by atoms with Crippen LogP contribution >= 0.6 is 0 Å². The van der Waals surface area contributed by atoms with Gasteiger partial charge in [-0.3, -0.25) is 4.98 Å². The van der Waals surface area contributed by atoms with E-state index in [9.17, 15) is 21.6 Å². The maximum absolute atomic E-state index is 12.4. The van der Waals surface area contributed by atoms with Gasteiger partial charge >= 0.3 is 6.18 Å². The first-order valence-corrected chi connectivity index (χ1v) is 7.23. The Morgan fingerprint density at radius 1 is 1.29 bits per heavy atom. The van der Waals surface area contributed by atoms with E-state index in [1.54, 1.807) is 12.1 Å². The molecule has 2 aromatic rings. The van der Waals surface area contributed by atoms with Crippen LogP contribution in [0.25, 0.3) is 10.9 Å². The second-order valence-corrected chi connectivity index (χ2v) is 6.44. The number of nitrogens with two attached hydrogens (primary N) is 1. The first-order chi connectivity index (χ1) is 9.63. The summed E-state index contributed by atoms with van der Waals surface area (Å²) in [6.07, 6.45) is -3.27. The lowest BCUT2D eigenvalue weighted by Crippen LogP contribution is -2.36. The van der Waals surface area contributed by atoms with Crippen molar-refractivity contribution in [2.75, 3.05) is 19.3 Å². The van der Waals surface area contributed by atoms with Crippen LogP contribution in [0.4, 0.5) is 18.9 Å². The van der Waals surface area contributed by atoms with Crippen molar-refractivity contribution in [2.24, 2.45) is 0 Å². The molecule has 0 saturated carbocycles. The molecule has 0 radical (unpaired) electrons. The molecule has 0 aliphatic rings. The molecule has 0 unspecified atom stereocenters. The third kappa shape index (κ3) is 3.08. The Bertz CT molecular complexity index is 775. The number of aromatic nitrogens is 1. The van der Waals surface area contributed by atoms with E-state index in [-0.39, 0.29) is 14.7 Å². The first-order valence-electron chi connectivity index (χ1n) is 5.79. The number of alkyl halides is 3. The molecule has 0 bridgehead atoms. The van der Waals surface area contributed by atoms with Gasteiger partial charge in [-0.05, 0) is 24.3 Å². The molecule has 0 aliphatic heterocycles. The molecule has 2 rings (SSSR count). The second kappa shape index (κ2) is 5.15. The number of anilines is 1. The van der Waals surface area contributed by atoms with Gasteiger partial charge in [0.05, 0.1) is 5.52 Å². The highest BCUT2D eigenvalue weighted by Gasteiger charge is 2.35. The zero-order valence-electron chi connectivity index (χ0n) is 10.9. The predicted molar refractivity (Wildman–Crippen MR) is 72.0 cm³/mol. The third-order valence-corrected chi connectivity index (χ3v) is 4.69. The van der Waals surface area contributed by atoms with Crippen molar-refractivity contribution in [1.82, 2.24) is 9.29 Å². The predicted octanol–water partition coefficient (Wildman–Crippen LogP) is 2.00. The van der Waals surface area contributed by atoms with Gasteiger partial charge in [-0.1, -0.05) is 0 Å².